The Morgan fingerprint density at radius 2 is 1.74 bits per heavy atom. The predicted molar refractivity (Wildman–Crippen MR) is 130 cm³/mol. The third kappa shape index (κ3) is 4.67. The van der Waals surface area contributed by atoms with E-state index in [9.17, 15) is 14.7 Å². The molecular weight excluding hydrogens is 432 g/mol. The van der Waals surface area contributed by atoms with Crippen molar-refractivity contribution in [2.45, 2.75) is 12.5 Å². The van der Waals surface area contributed by atoms with Gasteiger partial charge in [0.15, 0.2) is 5.88 Å². The molecule has 0 aliphatic rings. The van der Waals surface area contributed by atoms with Gasteiger partial charge in [0.1, 0.15) is 0 Å². The number of rotatable bonds is 7. The number of fused-ring (bicyclic) bond motifs is 1. The maximum atomic E-state index is 11.9. The molecule has 1 amide bonds. The van der Waals surface area contributed by atoms with E-state index in [1.807, 2.05) is 30.3 Å². The molecule has 0 saturated carbocycles. The van der Waals surface area contributed by atoms with Gasteiger partial charge in [-0.15, -0.1) is 0 Å². The number of H-pyrrole nitrogens is 1. The van der Waals surface area contributed by atoms with Crippen LogP contribution < -0.4 is 11.5 Å². The van der Waals surface area contributed by atoms with Crippen LogP contribution in [0.3, 0.4) is 0 Å². The Kier molecular flexibility index (Phi) is 6.42. The highest BCUT2D eigenvalue weighted by atomic mass is 16.5. The van der Waals surface area contributed by atoms with Gasteiger partial charge in [-0.05, 0) is 29.8 Å². The van der Waals surface area contributed by atoms with E-state index in [0.29, 0.717) is 33.4 Å². The Bertz CT molecular complexity index is 1380. The smallest absolute Gasteiger partial charge is 0.337 e. The second kappa shape index (κ2) is 9.60. The molecule has 8 heteroatoms. The number of aromatic hydroxyl groups is 1. The quantitative estimate of drug-likeness (QED) is 0.248. The zero-order valence-electron chi connectivity index (χ0n) is 18.5. The van der Waals surface area contributed by atoms with Crippen molar-refractivity contribution >= 4 is 34.2 Å². The van der Waals surface area contributed by atoms with Gasteiger partial charge in [-0.3, -0.25) is 4.79 Å². The van der Waals surface area contributed by atoms with Crippen molar-refractivity contribution in [3.05, 3.63) is 95.1 Å². The van der Waals surface area contributed by atoms with Crippen molar-refractivity contribution in [1.82, 2.24) is 4.98 Å². The Morgan fingerprint density at radius 1 is 1.03 bits per heavy atom. The minimum absolute atomic E-state index is 0.0503. The fourth-order valence-corrected chi connectivity index (χ4v) is 3.79. The van der Waals surface area contributed by atoms with E-state index in [4.69, 9.17) is 21.2 Å². The van der Waals surface area contributed by atoms with Crippen molar-refractivity contribution < 1.29 is 19.4 Å². The van der Waals surface area contributed by atoms with E-state index in [1.54, 1.807) is 42.5 Å². The number of benzene rings is 3. The summed E-state index contributed by atoms with van der Waals surface area (Å²) < 4.78 is 4.79. The minimum Gasteiger partial charge on any atom is -0.494 e. The highest BCUT2D eigenvalue weighted by Gasteiger charge is 2.20. The van der Waals surface area contributed by atoms with Crippen molar-refractivity contribution in [1.29, 1.82) is 0 Å². The monoisotopic (exact) mass is 456 g/mol. The molecule has 0 bridgehead atoms. The SMILES string of the molecule is COC(=O)c1ccc2c(C(=Nc3ccc(C(N)CC(N)=O)cc3)c3ccccc3)c(O)[nH]c2c1. The predicted octanol–water partition coefficient (Wildman–Crippen LogP) is 3.70. The van der Waals surface area contributed by atoms with Crippen LogP contribution in [0.1, 0.15) is 39.5 Å². The number of methoxy groups -OCH3 is 1. The highest BCUT2D eigenvalue weighted by Crippen LogP contribution is 2.32. The van der Waals surface area contributed by atoms with Crippen LogP contribution >= 0.6 is 0 Å². The largest absolute Gasteiger partial charge is 0.494 e. The van der Waals surface area contributed by atoms with Crippen LogP contribution in [0.4, 0.5) is 5.69 Å². The van der Waals surface area contributed by atoms with Gasteiger partial charge < -0.3 is 26.3 Å². The molecule has 0 radical (unpaired) electrons. The third-order valence-corrected chi connectivity index (χ3v) is 5.47. The number of amides is 1. The summed E-state index contributed by atoms with van der Waals surface area (Å²) in [5.74, 6) is -1.00. The number of aromatic amines is 1. The molecule has 6 N–H and O–H groups in total. The number of hydrogen-bond donors (Lipinski definition) is 4. The van der Waals surface area contributed by atoms with Crippen LogP contribution in [0.2, 0.25) is 0 Å². The summed E-state index contributed by atoms with van der Waals surface area (Å²) in [5, 5.41) is 11.5. The number of primary amides is 1. The van der Waals surface area contributed by atoms with Crippen molar-refractivity contribution in [2.24, 2.45) is 16.5 Å². The Labute approximate surface area is 195 Å². The van der Waals surface area contributed by atoms with Gasteiger partial charge in [0.25, 0.3) is 0 Å². The first kappa shape index (κ1) is 22.8. The molecule has 0 aliphatic heterocycles. The first-order chi connectivity index (χ1) is 16.4. The Morgan fingerprint density at radius 3 is 2.38 bits per heavy atom. The van der Waals surface area contributed by atoms with Crippen molar-refractivity contribution in [3.8, 4) is 5.88 Å². The molecule has 1 aromatic heterocycles. The number of ether oxygens (including phenoxy) is 1. The molecule has 0 fully saturated rings. The standard InChI is InChI=1S/C26H24N4O4/c1-34-26(33)17-9-12-19-21(13-17)30-25(32)23(19)24(16-5-3-2-4-6-16)29-18-10-7-15(8-11-18)20(27)14-22(28)31/h2-13,20,30,32H,14,27H2,1H3,(H2,28,31). The number of nitrogens with one attached hydrogen (secondary N) is 1. The van der Waals surface area contributed by atoms with E-state index >= 15 is 0 Å². The molecule has 172 valence electrons. The van der Waals surface area contributed by atoms with Crippen LogP contribution in [0.25, 0.3) is 10.9 Å². The number of nitrogens with two attached hydrogens (primary N) is 2. The number of carbonyl (C=O) groups is 2. The van der Waals surface area contributed by atoms with E-state index in [0.717, 1.165) is 11.1 Å². The van der Waals surface area contributed by atoms with E-state index in [2.05, 4.69) is 4.98 Å². The molecule has 4 rings (SSSR count). The van der Waals surface area contributed by atoms with Crippen LogP contribution in [0.15, 0.2) is 77.8 Å². The van der Waals surface area contributed by atoms with Crippen molar-refractivity contribution in [2.75, 3.05) is 7.11 Å². The summed E-state index contributed by atoms with van der Waals surface area (Å²) in [6.07, 6.45) is 0.0503. The molecule has 8 nitrogen and oxygen atoms in total. The number of nitrogens with zero attached hydrogens (tertiary/aromatic N) is 1. The van der Waals surface area contributed by atoms with Gasteiger partial charge in [0.05, 0.1) is 29.6 Å². The number of aliphatic imine (C=N–C) groups is 1. The van der Waals surface area contributed by atoms with E-state index in [1.165, 1.54) is 7.11 Å². The number of aromatic nitrogens is 1. The second-order valence-electron chi connectivity index (χ2n) is 7.80. The lowest BCUT2D eigenvalue weighted by Crippen LogP contribution is -2.20. The first-order valence-electron chi connectivity index (χ1n) is 10.6. The Balaban J connectivity index is 1.81. The zero-order valence-corrected chi connectivity index (χ0v) is 18.5. The lowest BCUT2D eigenvalue weighted by atomic mass is 10.00. The van der Waals surface area contributed by atoms with Gasteiger partial charge in [0, 0.05) is 28.9 Å². The summed E-state index contributed by atoms with van der Waals surface area (Å²) in [6, 6.07) is 21.2. The maximum Gasteiger partial charge on any atom is 0.337 e. The van der Waals surface area contributed by atoms with Crippen LogP contribution in [0.5, 0.6) is 5.88 Å². The summed E-state index contributed by atoms with van der Waals surface area (Å²) >= 11 is 0. The normalized spacial score (nSPS) is 12.5. The third-order valence-electron chi connectivity index (χ3n) is 5.47. The molecule has 0 spiro atoms. The summed E-state index contributed by atoms with van der Waals surface area (Å²) in [5.41, 5.74) is 15.5. The lowest BCUT2D eigenvalue weighted by Gasteiger charge is -2.11. The number of hydrogen-bond acceptors (Lipinski definition) is 6. The zero-order chi connectivity index (χ0) is 24.2. The number of carbonyl (C=O) groups excluding carboxylic acids is 2. The van der Waals surface area contributed by atoms with Gasteiger partial charge in [-0.2, -0.15) is 0 Å². The second-order valence-corrected chi connectivity index (χ2v) is 7.80. The average Bonchev–Trinajstić information content (AvgIpc) is 3.17. The molecule has 1 unspecified atom stereocenters. The molecule has 0 saturated heterocycles. The molecule has 4 aromatic rings. The lowest BCUT2D eigenvalue weighted by molar-refractivity contribution is -0.118. The molecule has 3 aromatic carbocycles. The molecule has 34 heavy (non-hydrogen) atoms. The van der Waals surface area contributed by atoms with Crippen molar-refractivity contribution in [3.63, 3.8) is 0 Å². The molecule has 0 aliphatic carbocycles. The fraction of sp³-hybridized carbons (Fsp3) is 0.115. The Hall–Kier alpha value is -4.43. The first-order valence-corrected chi connectivity index (χ1v) is 10.6. The number of esters is 1. The van der Waals surface area contributed by atoms with E-state index in [-0.39, 0.29) is 12.3 Å². The van der Waals surface area contributed by atoms with E-state index < -0.39 is 17.9 Å². The van der Waals surface area contributed by atoms with Gasteiger partial charge in [-0.25, -0.2) is 9.79 Å². The van der Waals surface area contributed by atoms with Crippen LogP contribution in [-0.2, 0) is 9.53 Å². The molecule has 1 heterocycles. The molecule has 1 atom stereocenters. The van der Waals surface area contributed by atoms with Crippen LogP contribution in [0, 0.1) is 0 Å². The summed E-state index contributed by atoms with van der Waals surface area (Å²) in [7, 11) is 1.32. The topological polar surface area (TPSA) is 144 Å². The van der Waals surface area contributed by atoms with Gasteiger partial charge in [0.2, 0.25) is 5.91 Å². The fourth-order valence-electron chi connectivity index (χ4n) is 3.79. The molecular formula is C26H24N4O4. The summed E-state index contributed by atoms with van der Waals surface area (Å²) in [4.78, 5) is 30.9. The van der Waals surface area contributed by atoms with Crippen LogP contribution in [-0.4, -0.2) is 34.8 Å². The van der Waals surface area contributed by atoms with Gasteiger partial charge in [-0.1, -0.05) is 48.5 Å². The maximum absolute atomic E-state index is 11.9. The summed E-state index contributed by atoms with van der Waals surface area (Å²) in [6.45, 7) is 0. The minimum atomic E-state index is -0.495. The highest BCUT2D eigenvalue weighted by molar-refractivity contribution is 6.22. The van der Waals surface area contributed by atoms with Gasteiger partial charge >= 0.3 is 5.97 Å². The average molecular weight is 457 g/mol.